The van der Waals surface area contributed by atoms with Crippen LogP contribution < -0.4 is 0 Å². The molecule has 0 bridgehead atoms. The molecule has 1 N–H and O–H groups in total. The molecule has 1 saturated heterocycles. The highest BCUT2D eigenvalue weighted by Gasteiger charge is 2.34. The van der Waals surface area contributed by atoms with Crippen molar-refractivity contribution in [3.05, 3.63) is 71.8 Å². The summed E-state index contributed by atoms with van der Waals surface area (Å²) in [7, 11) is 0. The Balaban J connectivity index is 1.80. The van der Waals surface area contributed by atoms with Crippen LogP contribution in [0.4, 0.5) is 0 Å². The molecule has 0 saturated carbocycles. The summed E-state index contributed by atoms with van der Waals surface area (Å²) < 4.78 is 0. The van der Waals surface area contributed by atoms with Gasteiger partial charge in [0.15, 0.2) is 0 Å². The van der Waals surface area contributed by atoms with Crippen molar-refractivity contribution in [3.63, 3.8) is 0 Å². The second kappa shape index (κ2) is 6.10. The average Bonchev–Trinajstić information content (AvgIpc) is 2.47. The van der Waals surface area contributed by atoms with Crippen molar-refractivity contribution in [2.45, 2.75) is 12.5 Å². The molecule has 2 aromatic carbocycles. The van der Waals surface area contributed by atoms with Crippen LogP contribution in [0.15, 0.2) is 60.7 Å². The van der Waals surface area contributed by atoms with E-state index in [1.54, 1.807) is 0 Å². The maximum absolute atomic E-state index is 10.8. The van der Waals surface area contributed by atoms with Crippen LogP contribution in [0.25, 0.3) is 0 Å². The van der Waals surface area contributed by atoms with Gasteiger partial charge in [-0.25, -0.2) is 0 Å². The molecule has 1 aliphatic rings. The van der Waals surface area contributed by atoms with Gasteiger partial charge in [0, 0.05) is 13.1 Å². The van der Waals surface area contributed by atoms with Gasteiger partial charge < -0.3 is 5.11 Å². The highest BCUT2D eigenvalue weighted by molar-refractivity contribution is 5.67. The highest BCUT2D eigenvalue weighted by Crippen LogP contribution is 2.35. The van der Waals surface area contributed by atoms with Gasteiger partial charge in [0.1, 0.15) is 0 Å². The lowest BCUT2D eigenvalue weighted by atomic mass is 9.89. The molecule has 0 aliphatic carbocycles. The number of aliphatic carboxylic acids is 1. The third-order valence-electron chi connectivity index (χ3n) is 4.04. The van der Waals surface area contributed by atoms with Crippen LogP contribution in [0.3, 0.4) is 0 Å². The predicted molar refractivity (Wildman–Crippen MR) is 82.0 cm³/mol. The van der Waals surface area contributed by atoms with Crippen molar-refractivity contribution >= 4 is 5.97 Å². The van der Waals surface area contributed by atoms with Gasteiger partial charge in [-0.05, 0) is 17.0 Å². The first-order chi connectivity index (χ1) is 10.2. The third-order valence-corrected chi connectivity index (χ3v) is 4.04. The molecule has 0 unspecified atom stereocenters. The van der Waals surface area contributed by atoms with Crippen LogP contribution in [0.1, 0.15) is 23.6 Å². The van der Waals surface area contributed by atoms with Crippen LogP contribution in [0.2, 0.25) is 0 Å². The zero-order valence-electron chi connectivity index (χ0n) is 11.9. The molecule has 108 valence electrons. The predicted octanol–water partition coefficient (Wildman–Crippen LogP) is 3.18. The molecule has 3 rings (SSSR count). The minimum absolute atomic E-state index is 0.220. The SMILES string of the molecule is O=C(O)CC1CN(C(c2ccccc2)c2ccccc2)C1. The van der Waals surface area contributed by atoms with Crippen LogP contribution in [-0.4, -0.2) is 29.1 Å². The van der Waals surface area contributed by atoms with Crippen LogP contribution in [-0.2, 0) is 4.79 Å². The van der Waals surface area contributed by atoms with E-state index in [-0.39, 0.29) is 18.4 Å². The Kier molecular flexibility index (Phi) is 4.02. The summed E-state index contributed by atoms with van der Waals surface area (Å²) in [6.07, 6.45) is 0.271. The number of benzene rings is 2. The fraction of sp³-hybridized carbons (Fsp3) is 0.278. The van der Waals surface area contributed by atoms with Crippen molar-refractivity contribution < 1.29 is 9.90 Å². The molecule has 1 heterocycles. The van der Waals surface area contributed by atoms with Gasteiger partial charge >= 0.3 is 5.97 Å². The van der Waals surface area contributed by atoms with E-state index < -0.39 is 5.97 Å². The van der Waals surface area contributed by atoms with Gasteiger partial charge in [0.2, 0.25) is 0 Å². The molecule has 1 aliphatic heterocycles. The summed E-state index contributed by atoms with van der Waals surface area (Å²) in [6.45, 7) is 1.70. The molecule has 0 radical (unpaired) electrons. The molecule has 3 nitrogen and oxygen atoms in total. The van der Waals surface area contributed by atoms with Crippen molar-refractivity contribution in [1.82, 2.24) is 4.90 Å². The van der Waals surface area contributed by atoms with Gasteiger partial charge in [0.05, 0.1) is 12.5 Å². The number of carboxylic acid groups (broad SMARTS) is 1. The zero-order valence-corrected chi connectivity index (χ0v) is 11.9. The van der Waals surface area contributed by atoms with Crippen molar-refractivity contribution in [1.29, 1.82) is 0 Å². The number of hydrogen-bond acceptors (Lipinski definition) is 2. The Hall–Kier alpha value is -2.13. The first kappa shape index (κ1) is 13.8. The minimum atomic E-state index is -0.698. The summed E-state index contributed by atoms with van der Waals surface area (Å²) >= 11 is 0. The van der Waals surface area contributed by atoms with E-state index in [1.807, 2.05) is 12.1 Å². The first-order valence-corrected chi connectivity index (χ1v) is 7.30. The van der Waals surface area contributed by atoms with E-state index in [0.717, 1.165) is 13.1 Å². The minimum Gasteiger partial charge on any atom is -0.481 e. The molecule has 1 fully saturated rings. The molecule has 21 heavy (non-hydrogen) atoms. The van der Waals surface area contributed by atoms with E-state index in [1.165, 1.54) is 11.1 Å². The smallest absolute Gasteiger partial charge is 0.303 e. The summed E-state index contributed by atoms with van der Waals surface area (Å²) in [5, 5.41) is 8.89. The summed E-state index contributed by atoms with van der Waals surface area (Å²) in [5.41, 5.74) is 2.52. The van der Waals surface area contributed by atoms with Gasteiger partial charge in [0.25, 0.3) is 0 Å². The summed E-state index contributed by atoms with van der Waals surface area (Å²) in [6, 6.07) is 21.1. The lowest BCUT2D eigenvalue weighted by Gasteiger charge is -2.44. The Morgan fingerprint density at radius 3 is 1.90 bits per heavy atom. The first-order valence-electron chi connectivity index (χ1n) is 7.30. The lowest BCUT2D eigenvalue weighted by Crippen LogP contribution is -2.49. The largest absolute Gasteiger partial charge is 0.481 e. The molecule has 2 aromatic rings. The van der Waals surface area contributed by atoms with Gasteiger partial charge in [-0.2, -0.15) is 0 Å². The van der Waals surface area contributed by atoms with Gasteiger partial charge in [-0.3, -0.25) is 9.69 Å². The third kappa shape index (κ3) is 3.14. The standard InChI is InChI=1S/C18H19NO2/c20-17(21)11-14-12-19(13-14)18(15-7-3-1-4-8-15)16-9-5-2-6-10-16/h1-10,14,18H,11-13H2,(H,20,21). The van der Waals surface area contributed by atoms with Gasteiger partial charge in [-0.15, -0.1) is 0 Å². The number of nitrogens with zero attached hydrogens (tertiary/aromatic N) is 1. The van der Waals surface area contributed by atoms with E-state index >= 15 is 0 Å². The molecular formula is C18H19NO2. The lowest BCUT2D eigenvalue weighted by molar-refractivity contribution is -0.139. The Morgan fingerprint density at radius 2 is 1.48 bits per heavy atom. The number of carbonyl (C=O) groups is 1. The second-order valence-electron chi connectivity index (χ2n) is 5.64. The zero-order chi connectivity index (χ0) is 14.7. The number of rotatable bonds is 5. The topological polar surface area (TPSA) is 40.5 Å². The van der Waals surface area contributed by atoms with E-state index in [2.05, 4.69) is 53.4 Å². The van der Waals surface area contributed by atoms with Crippen molar-refractivity contribution in [2.75, 3.05) is 13.1 Å². The molecule has 0 spiro atoms. The number of hydrogen-bond donors (Lipinski definition) is 1. The van der Waals surface area contributed by atoms with Gasteiger partial charge in [-0.1, -0.05) is 60.7 Å². The quantitative estimate of drug-likeness (QED) is 0.915. The van der Waals surface area contributed by atoms with E-state index in [9.17, 15) is 4.79 Å². The molecule has 0 amide bonds. The summed E-state index contributed by atoms with van der Waals surface area (Å²) in [4.78, 5) is 13.2. The Bertz CT molecular complexity index is 552. The number of likely N-dealkylation sites (tertiary alicyclic amines) is 1. The summed E-state index contributed by atoms with van der Waals surface area (Å²) in [5.74, 6) is -0.423. The fourth-order valence-electron chi connectivity index (χ4n) is 3.08. The maximum Gasteiger partial charge on any atom is 0.303 e. The number of carboxylic acids is 1. The molecule has 0 aromatic heterocycles. The Labute approximate surface area is 124 Å². The van der Waals surface area contributed by atoms with Crippen LogP contribution in [0.5, 0.6) is 0 Å². The van der Waals surface area contributed by atoms with Crippen molar-refractivity contribution in [2.24, 2.45) is 5.92 Å². The molecule has 3 heteroatoms. The molecule has 0 atom stereocenters. The normalized spacial score (nSPS) is 15.9. The van der Waals surface area contributed by atoms with Crippen LogP contribution in [0, 0.1) is 5.92 Å². The Morgan fingerprint density at radius 1 is 1.00 bits per heavy atom. The highest BCUT2D eigenvalue weighted by atomic mass is 16.4. The monoisotopic (exact) mass is 281 g/mol. The fourth-order valence-corrected chi connectivity index (χ4v) is 3.08. The second-order valence-corrected chi connectivity index (χ2v) is 5.64. The average molecular weight is 281 g/mol. The van der Waals surface area contributed by atoms with Crippen LogP contribution >= 0.6 is 0 Å². The van der Waals surface area contributed by atoms with E-state index in [4.69, 9.17) is 5.11 Å². The molecular weight excluding hydrogens is 262 g/mol. The van der Waals surface area contributed by atoms with Crippen molar-refractivity contribution in [3.8, 4) is 0 Å². The van der Waals surface area contributed by atoms with E-state index in [0.29, 0.717) is 0 Å². The maximum atomic E-state index is 10.8.